The summed E-state index contributed by atoms with van der Waals surface area (Å²) < 4.78 is 9.65. The molecule has 1 rings (SSSR count). The summed E-state index contributed by atoms with van der Waals surface area (Å²) in [6.07, 6.45) is -0.918. The zero-order chi connectivity index (χ0) is 21.8. The minimum absolute atomic E-state index is 0.483. The average Bonchev–Trinajstić information content (AvgIpc) is 2.55. The molecule has 1 saturated carbocycles. The smallest absolute Gasteiger partial charge is 0.311 e. The van der Waals surface area contributed by atoms with E-state index in [1.807, 2.05) is 0 Å². The molecule has 0 aromatic rings. The van der Waals surface area contributed by atoms with Crippen molar-refractivity contribution >= 4 is 29.8 Å². The minimum Gasteiger partial charge on any atom is -0.481 e. The Morgan fingerprint density at radius 1 is 0.821 bits per heavy atom. The number of rotatable bonds is 10. The summed E-state index contributed by atoms with van der Waals surface area (Å²) in [5.74, 6) is -13.7. The van der Waals surface area contributed by atoms with Crippen molar-refractivity contribution in [2.24, 2.45) is 29.1 Å². The van der Waals surface area contributed by atoms with Crippen LogP contribution in [0, 0.1) is 29.1 Å². The third-order valence-electron chi connectivity index (χ3n) is 4.94. The number of carbonyl (C=O) groups is 5. The Kier molecular flexibility index (Phi) is 7.51. The van der Waals surface area contributed by atoms with Gasteiger partial charge < -0.3 is 29.9 Å². The molecule has 0 radical (unpaired) electrons. The van der Waals surface area contributed by atoms with Gasteiger partial charge in [-0.3, -0.25) is 24.0 Å². The van der Waals surface area contributed by atoms with Crippen molar-refractivity contribution in [2.45, 2.75) is 33.3 Å². The van der Waals surface area contributed by atoms with Crippen molar-refractivity contribution < 1.29 is 53.9 Å². The Labute approximate surface area is 160 Å². The van der Waals surface area contributed by atoms with Crippen molar-refractivity contribution in [3.8, 4) is 0 Å². The predicted octanol–water partition coefficient (Wildman–Crippen LogP) is -0.398. The SMILES string of the molecule is CCC(C)(C)C(=O)OCC(O)COC(=O)C1C(C(=O)O)C(C(=O)O)C1C(=O)O. The predicted molar refractivity (Wildman–Crippen MR) is 88.9 cm³/mol. The van der Waals surface area contributed by atoms with Crippen LogP contribution in [0.3, 0.4) is 0 Å². The molecule has 0 aliphatic heterocycles. The molecule has 0 bridgehead atoms. The number of carboxylic acid groups (broad SMARTS) is 3. The molecule has 3 atom stereocenters. The summed E-state index contributed by atoms with van der Waals surface area (Å²) in [5.41, 5.74) is -0.766. The van der Waals surface area contributed by atoms with Crippen molar-refractivity contribution in [2.75, 3.05) is 13.2 Å². The molecule has 1 aliphatic carbocycles. The number of hydrogen-bond donors (Lipinski definition) is 4. The first-order chi connectivity index (χ1) is 12.8. The largest absolute Gasteiger partial charge is 0.481 e. The summed E-state index contributed by atoms with van der Waals surface area (Å²) in [6.45, 7) is 3.92. The normalized spacial score (nSPS) is 25.1. The maximum atomic E-state index is 12.1. The highest BCUT2D eigenvalue weighted by Gasteiger charge is 2.64. The van der Waals surface area contributed by atoms with Crippen LogP contribution in [0.5, 0.6) is 0 Å². The van der Waals surface area contributed by atoms with Crippen LogP contribution in [-0.4, -0.2) is 69.6 Å². The maximum Gasteiger partial charge on any atom is 0.311 e. The van der Waals surface area contributed by atoms with E-state index in [0.717, 1.165) is 0 Å². The molecule has 158 valence electrons. The second-order valence-electron chi connectivity index (χ2n) is 7.24. The lowest BCUT2D eigenvalue weighted by molar-refractivity contribution is -0.195. The van der Waals surface area contributed by atoms with Crippen LogP contribution < -0.4 is 0 Å². The molecule has 11 nitrogen and oxygen atoms in total. The summed E-state index contributed by atoms with van der Waals surface area (Å²) in [5, 5.41) is 37.0. The van der Waals surface area contributed by atoms with Gasteiger partial charge in [-0.1, -0.05) is 6.92 Å². The van der Waals surface area contributed by atoms with Gasteiger partial charge in [-0.2, -0.15) is 0 Å². The molecular formula is C17H24O11. The first kappa shape index (κ1) is 23.3. The molecular weight excluding hydrogens is 380 g/mol. The van der Waals surface area contributed by atoms with Gasteiger partial charge in [0.05, 0.1) is 29.1 Å². The molecule has 1 aliphatic rings. The number of aliphatic hydroxyl groups excluding tert-OH is 1. The Balaban J connectivity index is 2.68. The molecule has 11 heteroatoms. The third kappa shape index (κ3) is 4.97. The highest BCUT2D eigenvalue weighted by Crippen LogP contribution is 2.47. The van der Waals surface area contributed by atoms with Crippen LogP contribution in [0.25, 0.3) is 0 Å². The molecule has 4 N–H and O–H groups in total. The van der Waals surface area contributed by atoms with Gasteiger partial charge in [0.25, 0.3) is 0 Å². The summed E-state index contributed by atoms with van der Waals surface area (Å²) in [7, 11) is 0. The Morgan fingerprint density at radius 3 is 1.61 bits per heavy atom. The molecule has 0 spiro atoms. The number of carbonyl (C=O) groups excluding carboxylic acids is 2. The van der Waals surface area contributed by atoms with Crippen LogP contribution >= 0.6 is 0 Å². The molecule has 0 heterocycles. The Bertz CT molecular complexity index is 631. The molecule has 1 fully saturated rings. The molecule has 28 heavy (non-hydrogen) atoms. The number of aliphatic carboxylic acids is 3. The molecule has 0 saturated heterocycles. The van der Waals surface area contributed by atoms with Crippen LogP contribution in [0.15, 0.2) is 0 Å². The topological polar surface area (TPSA) is 185 Å². The number of hydrogen-bond acceptors (Lipinski definition) is 8. The third-order valence-corrected chi connectivity index (χ3v) is 4.94. The quantitative estimate of drug-likeness (QED) is 0.347. The lowest BCUT2D eigenvalue weighted by Gasteiger charge is -2.43. The van der Waals surface area contributed by atoms with Gasteiger partial charge in [0.1, 0.15) is 19.3 Å². The fraction of sp³-hybridized carbons (Fsp3) is 0.706. The van der Waals surface area contributed by atoms with Gasteiger partial charge in [-0.25, -0.2) is 0 Å². The maximum absolute atomic E-state index is 12.1. The van der Waals surface area contributed by atoms with E-state index in [1.165, 1.54) is 0 Å². The van der Waals surface area contributed by atoms with Gasteiger partial charge in [0, 0.05) is 0 Å². The molecule has 0 aromatic heterocycles. The fourth-order valence-electron chi connectivity index (χ4n) is 2.80. The van der Waals surface area contributed by atoms with Crippen LogP contribution in [-0.2, 0) is 33.4 Å². The molecule has 0 aromatic carbocycles. The highest BCUT2D eigenvalue weighted by molar-refractivity contribution is 5.96. The zero-order valence-electron chi connectivity index (χ0n) is 15.7. The van der Waals surface area contributed by atoms with E-state index in [4.69, 9.17) is 24.8 Å². The van der Waals surface area contributed by atoms with E-state index < -0.39 is 78.3 Å². The van der Waals surface area contributed by atoms with E-state index in [2.05, 4.69) is 0 Å². The van der Waals surface area contributed by atoms with Crippen LogP contribution in [0.1, 0.15) is 27.2 Å². The number of aliphatic hydroxyl groups is 1. The fourth-order valence-corrected chi connectivity index (χ4v) is 2.80. The highest BCUT2D eigenvalue weighted by atomic mass is 16.6. The molecule has 3 unspecified atom stereocenters. The van der Waals surface area contributed by atoms with Crippen molar-refractivity contribution in [3.63, 3.8) is 0 Å². The minimum atomic E-state index is -1.77. The van der Waals surface area contributed by atoms with Crippen molar-refractivity contribution in [3.05, 3.63) is 0 Å². The van der Waals surface area contributed by atoms with Gasteiger partial charge >= 0.3 is 29.8 Å². The van der Waals surface area contributed by atoms with Gasteiger partial charge in [0.2, 0.25) is 0 Å². The standard InChI is InChI=1S/C17H24O11/c1-4-17(2,3)16(26)28-6-7(18)5-27-15(25)11-9(13(21)22)8(12(19)20)10(11)14(23)24/h7-11,18H,4-6H2,1-3H3,(H,19,20)(H,21,22)(H,23,24). The first-order valence-corrected chi connectivity index (χ1v) is 8.55. The van der Waals surface area contributed by atoms with E-state index in [1.54, 1.807) is 20.8 Å². The zero-order valence-corrected chi connectivity index (χ0v) is 15.7. The Morgan fingerprint density at radius 2 is 1.21 bits per heavy atom. The average molecular weight is 404 g/mol. The van der Waals surface area contributed by atoms with E-state index in [-0.39, 0.29) is 0 Å². The second-order valence-corrected chi connectivity index (χ2v) is 7.24. The van der Waals surface area contributed by atoms with E-state index in [9.17, 15) is 29.1 Å². The first-order valence-electron chi connectivity index (χ1n) is 8.55. The lowest BCUT2D eigenvalue weighted by Crippen LogP contribution is -2.60. The number of carboxylic acids is 3. The number of ether oxygens (including phenoxy) is 2. The summed E-state index contributed by atoms with van der Waals surface area (Å²) >= 11 is 0. The summed E-state index contributed by atoms with van der Waals surface area (Å²) in [4.78, 5) is 57.5. The van der Waals surface area contributed by atoms with E-state index in [0.29, 0.717) is 6.42 Å². The van der Waals surface area contributed by atoms with Gasteiger partial charge in [0.15, 0.2) is 0 Å². The van der Waals surface area contributed by atoms with Gasteiger partial charge in [-0.05, 0) is 20.3 Å². The number of esters is 2. The monoisotopic (exact) mass is 404 g/mol. The van der Waals surface area contributed by atoms with Crippen molar-refractivity contribution in [1.82, 2.24) is 0 Å². The van der Waals surface area contributed by atoms with Crippen LogP contribution in [0.2, 0.25) is 0 Å². The van der Waals surface area contributed by atoms with E-state index >= 15 is 0 Å². The van der Waals surface area contributed by atoms with Crippen molar-refractivity contribution in [1.29, 1.82) is 0 Å². The second kappa shape index (κ2) is 9.00. The van der Waals surface area contributed by atoms with Crippen LogP contribution in [0.4, 0.5) is 0 Å². The van der Waals surface area contributed by atoms with Gasteiger partial charge in [-0.15, -0.1) is 0 Å². The lowest BCUT2D eigenvalue weighted by atomic mass is 9.56. The Hall–Kier alpha value is -2.69. The summed E-state index contributed by atoms with van der Waals surface area (Å²) in [6, 6.07) is 0. The molecule has 0 amide bonds.